The molecular weight excluding hydrogens is 821 g/mol. The molecule has 0 N–H and O–H groups in total. The minimum Gasteiger partial charge on any atom is -0.310 e. The van der Waals surface area contributed by atoms with Gasteiger partial charge in [-0.2, -0.15) is 0 Å². The van der Waals surface area contributed by atoms with Crippen molar-refractivity contribution in [1.29, 1.82) is 0 Å². The third-order valence-electron chi connectivity index (χ3n) is 13.4. The largest absolute Gasteiger partial charge is 0.310 e. The van der Waals surface area contributed by atoms with E-state index < -0.39 is 0 Å². The Morgan fingerprint density at radius 3 is 1.47 bits per heavy atom. The van der Waals surface area contributed by atoms with Crippen LogP contribution in [0.25, 0.3) is 88.7 Å². The second-order valence-electron chi connectivity index (χ2n) is 17.6. The molecule has 0 unspecified atom stereocenters. The zero-order valence-electron chi connectivity index (χ0n) is 37.7. The Kier molecular flexibility index (Phi) is 10.7. The van der Waals surface area contributed by atoms with Gasteiger partial charge in [-0.3, -0.25) is 0 Å². The summed E-state index contributed by atoms with van der Waals surface area (Å²) in [5.41, 5.74) is 21.2. The molecule has 0 atom stereocenters. The highest BCUT2D eigenvalue weighted by Gasteiger charge is 2.22. The van der Waals surface area contributed by atoms with Crippen LogP contribution in [0.5, 0.6) is 0 Å². The van der Waals surface area contributed by atoms with Crippen molar-refractivity contribution in [2.75, 3.05) is 4.90 Å². The first kappa shape index (κ1) is 40.8. The van der Waals surface area contributed by atoms with Gasteiger partial charge in [0.15, 0.2) is 0 Å². The average Bonchev–Trinajstić information content (AvgIpc) is 3.77. The summed E-state index contributed by atoms with van der Waals surface area (Å²) in [5, 5.41) is 2.48. The summed E-state index contributed by atoms with van der Waals surface area (Å²) in [4.78, 5) is 2.37. The summed E-state index contributed by atoms with van der Waals surface area (Å²) in [6.07, 6.45) is 9.06. The van der Waals surface area contributed by atoms with Gasteiger partial charge in [-0.15, -0.1) is 0 Å². The third-order valence-corrected chi connectivity index (χ3v) is 13.4. The molecule has 0 bridgehead atoms. The van der Waals surface area contributed by atoms with E-state index in [9.17, 15) is 0 Å². The van der Waals surface area contributed by atoms with Crippen molar-refractivity contribution in [2.45, 2.75) is 12.8 Å². The molecule has 10 aromatic carbocycles. The Balaban J connectivity index is 0.984. The molecule has 2 nitrogen and oxygen atoms in total. The van der Waals surface area contributed by atoms with Crippen LogP contribution in [-0.4, -0.2) is 4.57 Å². The van der Waals surface area contributed by atoms with Gasteiger partial charge in [-0.1, -0.05) is 200 Å². The van der Waals surface area contributed by atoms with Crippen LogP contribution in [0.15, 0.2) is 267 Å². The minimum atomic E-state index is 1.08. The van der Waals surface area contributed by atoms with Gasteiger partial charge in [0.25, 0.3) is 0 Å². The van der Waals surface area contributed by atoms with Crippen LogP contribution in [-0.2, 0) is 0 Å². The lowest BCUT2D eigenvalue weighted by Crippen LogP contribution is -2.10. The molecule has 0 aliphatic heterocycles. The SMILES string of the molecule is C1=CC(c2ccc(N(c3ccc(-c4ccccc4)cc3)c3cccc(-c4ccc(-n5c6cccc(-c7ccccc7)c6c6cc(-c7ccccc7)cc(-c7ccccc7)c65)cc4)c3)cc2)=CCC1. The molecule has 0 spiro atoms. The highest BCUT2D eigenvalue weighted by atomic mass is 15.1. The van der Waals surface area contributed by atoms with E-state index in [4.69, 9.17) is 0 Å². The molecule has 0 saturated carbocycles. The summed E-state index contributed by atoms with van der Waals surface area (Å²) in [7, 11) is 0. The van der Waals surface area contributed by atoms with Crippen LogP contribution in [0.3, 0.4) is 0 Å². The number of hydrogen-bond donors (Lipinski definition) is 0. The topological polar surface area (TPSA) is 8.17 Å². The maximum atomic E-state index is 2.48. The van der Waals surface area contributed by atoms with E-state index in [2.05, 4.69) is 276 Å². The quantitative estimate of drug-likeness (QED) is 0.133. The summed E-state index contributed by atoms with van der Waals surface area (Å²) < 4.78 is 2.48. The van der Waals surface area contributed by atoms with Gasteiger partial charge in [0.05, 0.1) is 11.0 Å². The van der Waals surface area contributed by atoms with Crippen LogP contribution in [0.2, 0.25) is 0 Å². The van der Waals surface area contributed by atoms with Crippen molar-refractivity contribution >= 4 is 44.4 Å². The van der Waals surface area contributed by atoms with Crippen LogP contribution < -0.4 is 4.90 Å². The van der Waals surface area contributed by atoms with E-state index in [-0.39, 0.29) is 0 Å². The molecule has 0 amide bonds. The maximum Gasteiger partial charge on any atom is 0.0620 e. The molecule has 1 aliphatic carbocycles. The number of fused-ring (bicyclic) bond motifs is 3. The fraction of sp³-hybridized carbons (Fsp3) is 0.0303. The number of nitrogens with zero attached hydrogens (tertiary/aromatic N) is 2. The molecule has 1 heterocycles. The van der Waals surface area contributed by atoms with Gasteiger partial charge in [-0.25, -0.2) is 0 Å². The molecule has 0 saturated heterocycles. The highest BCUT2D eigenvalue weighted by Crippen LogP contribution is 2.45. The Morgan fingerprint density at radius 2 is 0.853 bits per heavy atom. The van der Waals surface area contributed by atoms with Crippen molar-refractivity contribution in [3.63, 3.8) is 0 Å². The fourth-order valence-corrected chi connectivity index (χ4v) is 10.1. The molecule has 1 aromatic heterocycles. The summed E-state index contributed by atoms with van der Waals surface area (Å²) in [5.74, 6) is 0. The summed E-state index contributed by atoms with van der Waals surface area (Å²) >= 11 is 0. The van der Waals surface area contributed by atoms with Crippen molar-refractivity contribution in [3.05, 3.63) is 273 Å². The highest BCUT2D eigenvalue weighted by molar-refractivity contribution is 6.20. The van der Waals surface area contributed by atoms with Gasteiger partial charge >= 0.3 is 0 Å². The fourth-order valence-electron chi connectivity index (χ4n) is 10.1. The lowest BCUT2D eigenvalue weighted by molar-refractivity contribution is 1.04. The monoisotopic (exact) mass is 868 g/mol. The third kappa shape index (κ3) is 7.72. The van der Waals surface area contributed by atoms with Gasteiger partial charge in [0, 0.05) is 39.1 Å². The first-order valence-corrected chi connectivity index (χ1v) is 23.6. The lowest BCUT2D eigenvalue weighted by atomic mass is 9.93. The Labute approximate surface area is 398 Å². The van der Waals surface area contributed by atoms with E-state index in [1.54, 1.807) is 0 Å². The molecule has 0 radical (unpaired) electrons. The second kappa shape index (κ2) is 17.9. The van der Waals surface area contributed by atoms with E-state index in [0.717, 1.165) is 46.7 Å². The molecule has 0 fully saturated rings. The average molecular weight is 869 g/mol. The van der Waals surface area contributed by atoms with Crippen molar-refractivity contribution in [3.8, 4) is 61.3 Å². The minimum absolute atomic E-state index is 1.08. The van der Waals surface area contributed by atoms with Gasteiger partial charge in [0.2, 0.25) is 0 Å². The number of benzene rings is 10. The van der Waals surface area contributed by atoms with E-state index >= 15 is 0 Å². The van der Waals surface area contributed by atoms with E-state index in [1.807, 2.05) is 0 Å². The predicted octanol–water partition coefficient (Wildman–Crippen LogP) is 18.3. The van der Waals surface area contributed by atoms with E-state index in [1.165, 1.54) is 77.5 Å². The first-order valence-electron chi connectivity index (χ1n) is 23.6. The molecule has 11 aromatic rings. The molecular formula is C66H48N2. The van der Waals surface area contributed by atoms with Crippen molar-refractivity contribution in [1.82, 2.24) is 4.57 Å². The second-order valence-corrected chi connectivity index (χ2v) is 17.6. The molecule has 1 aliphatic rings. The predicted molar refractivity (Wildman–Crippen MR) is 289 cm³/mol. The van der Waals surface area contributed by atoms with Crippen LogP contribution in [0.4, 0.5) is 17.1 Å². The number of allylic oxidation sites excluding steroid dienone is 4. The summed E-state index contributed by atoms with van der Waals surface area (Å²) in [6.45, 7) is 0. The molecule has 322 valence electrons. The Bertz CT molecular complexity index is 3600. The van der Waals surface area contributed by atoms with Gasteiger partial charge in [0.1, 0.15) is 0 Å². The van der Waals surface area contributed by atoms with Crippen LogP contribution in [0, 0.1) is 0 Å². The van der Waals surface area contributed by atoms with Crippen LogP contribution >= 0.6 is 0 Å². The standard InChI is InChI=1S/C66H48N2/c1-6-18-47(19-7-1)50-32-38-57(39-33-50)67(58-40-34-51(35-41-58)48-20-8-2-9-21-48)60-29-16-28-55(44-60)52-36-42-59(43-37-52)68-64-31-17-30-61(53-24-12-4-13-25-53)65(64)63-46-56(49-22-10-3-11-23-49)45-62(66(63)68)54-26-14-5-15-27-54/h1,3-8,10-46H,2,9H2. The summed E-state index contributed by atoms with van der Waals surface area (Å²) in [6, 6.07) is 90.7. The van der Waals surface area contributed by atoms with Crippen LogP contribution in [0.1, 0.15) is 18.4 Å². The van der Waals surface area contributed by atoms with Crippen molar-refractivity contribution < 1.29 is 0 Å². The zero-order chi connectivity index (χ0) is 45.2. The van der Waals surface area contributed by atoms with Crippen molar-refractivity contribution in [2.24, 2.45) is 0 Å². The molecule has 2 heteroatoms. The maximum absolute atomic E-state index is 2.48. The smallest absolute Gasteiger partial charge is 0.0620 e. The number of anilines is 3. The molecule has 68 heavy (non-hydrogen) atoms. The zero-order valence-corrected chi connectivity index (χ0v) is 37.7. The Morgan fingerprint density at radius 1 is 0.338 bits per heavy atom. The van der Waals surface area contributed by atoms with E-state index in [0.29, 0.717) is 0 Å². The van der Waals surface area contributed by atoms with Gasteiger partial charge < -0.3 is 9.47 Å². The normalized spacial score (nSPS) is 12.3. The molecule has 12 rings (SSSR count). The number of rotatable bonds is 10. The number of hydrogen-bond acceptors (Lipinski definition) is 1. The Hall–Kier alpha value is -8.72. The first-order chi connectivity index (χ1) is 33.7. The van der Waals surface area contributed by atoms with Gasteiger partial charge in [-0.05, 0) is 141 Å². The number of aromatic nitrogens is 1. The lowest BCUT2D eigenvalue weighted by Gasteiger charge is -2.26.